The Labute approximate surface area is 97.1 Å². The number of ether oxygens (including phenoxy) is 1. The number of carbonyl (C=O) groups excluding carboxylic acids is 1. The molecular formula is C12H9NO4. The maximum atomic E-state index is 11.3. The number of nitrogens with zero attached hydrogens (tertiary/aromatic N) is 1. The van der Waals surface area contributed by atoms with Crippen LogP contribution < -0.4 is 0 Å². The number of aryl methyl sites for hydroxylation is 1. The summed E-state index contributed by atoms with van der Waals surface area (Å²) in [5.41, 5.74) is 1.38. The van der Waals surface area contributed by atoms with E-state index in [0.29, 0.717) is 5.56 Å². The monoisotopic (exact) mass is 231 g/mol. The van der Waals surface area contributed by atoms with E-state index in [0.717, 1.165) is 11.6 Å². The lowest BCUT2D eigenvalue weighted by Crippen LogP contribution is -2.07. The number of carboxylic acid groups (broad SMARTS) is 1. The van der Waals surface area contributed by atoms with Crippen molar-refractivity contribution in [2.75, 3.05) is 0 Å². The first-order chi connectivity index (χ1) is 8.08. The molecule has 1 aromatic rings. The summed E-state index contributed by atoms with van der Waals surface area (Å²) in [6.07, 6.45) is 0.730. The second kappa shape index (κ2) is 4.21. The van der Waals surface area contributed by atoms with E-state index in [1.54, 1.807) is 12.1 Å². The molecule has 0 fully saturated rings. The molecule has 0 amide bonds. The lowest BCUT2D eigenvalue weighted by atomic mass is 10.1. The van der Waals surface area contributed by atoms with Crippen molar-refractivity contribution in [3.8, 4) is 0 Å². The highest BCUT2D eigenvalue weighted by atomic mass is 16.6. The minimum Gasteiger partial charge on any atom is -0.478 e. The summed E-state index contributed by atoms with van der Waals surface area (Å²) in [4.78, 5) is 25.7. The minimum absolute atomic E-state index is 0.139. The topological polar surface area (TPSA) is 76.0 Å². The van der Waals surface area contributed by atoms with Gasteiger partial charge in [-0.15, -0.1) is 0 Å². The Balaban J connectivity index is 2.41. The molecule has 86 valence electrons. The van der Waals surface area contributed by atoms with E-state index in [9.17, 15) is 9.59 Å². The van der Waals surface area contributed by atoms with Crippen LogP contribution in [-0.2, 0) is 14.3 Å². The molecule has 1 heterocycles. The molecule has 5 heteroatoms. The number of aliphatic imine (C=N–C) groups is 1. The number of aliphatic carboxylic acids is 1. The summed E-state index contributed by atoms with van der Waals surface area (Å²) in [5, 5.41) is 8.55. The molecule has 0 bridgehead atoms. The van der Waals surface area contributed by atoms with E-state index in [4.69, 9.17) is 9.84 Å². The van der Waals surface area contributed by atoms with Gasteiger partial charge in [-0.2, -0.15) is 0 Å². The van der Waals surface area contributed by atoms with Crippen LogP contribution in [0, 0.1) is 6.92 Å². The average Bonchev–Trinajstić information content (AvgIpc) is 2.60. The van der Waals surface area contributed by atoms with Crippen LogP contribution in [0.15, 0.2) is 41.0 Å². The summed E-state index contributed by atoms with van der Waals surface area (Å²) in [7, 11) is 0. The lowest BCUT2D eigenvalue weighted by Gasteiger charge is -2.02. The smallest absolute Gasteiger partial charge is 0.364 e. The lowest BCUT2D eigenvalue weighted by molar-refractivity contribution is -0.133. The van der Waals surface area contributed by atoms with Crippen molar-refractivity contribution >= 4 is 17.8 Å². The van der Waals surface area contributed by atoms with E-state index in [1.807, 2.05) is 19.1 Å². The van der Waals surface area contributed by atoms with Crippen molar-refractivity contribution in [3.63, 3.8) is 0 Å². The molecule has 1 N–H and O–H groups in total. The molecule has 0 aliphatic carbocycles. The largest absolute Gasteiger partial charge is 0.478 e. The number of carbonyl (C=O) groups is 2. The summed E-state index contributed by atoms with van der Waals surface area (Å²) in [6, 6.07) is 7.25. The van der Waals surface area contributed by atoms with E-state index < -0.39 is 11.9 Å². The third kappa shape index (κ3) is 2.23. The van der Waals surface area contributed by atoms with Crippen molar-refractivity contribution < 1.29 is 19.4 Å². The van der Waals surface area contributed by atoms with Crippen LogP contribution >= 0.6 is 0 Å². The molecule has 2 rings (SSSR count). The molecule has 17 heavy (non-hydrogen) atoms. The molecular weight excluding hydrogens is 222 g/mol. The Bertz CT molecular complexity index is 557. The number of hydrogen-bond donors (Lipinski definition) is 1. The van der Waals surface area contributed by atoms with Gasteiger partial charge in [-0.05, 0) is 18.6 Å². The minimum atomic E-state index is -1.23. The number of hydrogen-bond acceptors (Lipinski definition) is 4. The van der Waals surface area contributed by atoms with Gasteiger partial charge >= 0.3 is 11.9 Å². The molecule has 0 unspecified atom stereocenters. The molecule has 1 aromatic carbocycles. The molecule has 0 aromatic heterocycles. The Kier molecular flexibility index (Phi) is 2.74. The van der Waals surface area contributed by atoms with Crippen LogP contribution in [-0.4, -0.2) is 22.9 Å². The molecule has 0 radical (unpaired) electrons. The first-order valence-corrected chi connectivity index (χ1v) is 4.89. The zero-order valence-electron chi connectivity index (χ0n) is 9.01. The fourth-order valence-electron chi connectivity index (χ4n) is 1.45. The van der Waals surface area contributed by atoms with Crippen LogP contribution in [0.5, 0.6) is 0 Å². The number of cyclic esters (lactones) is 1. The van der Waals surface area contributed by atoms with Gasteiger partial charge in [0, 0.05) is 5.56 Å². The first-order valence-electron chi connectivity index (χ1n) is 4.89. The SMILES string of the molecule is Cc1ccccc1C1=N/C(=C/C(=O)O)C(=O)O1. The highest BCUT2D eigenvalue weighted by Gasteiger charge is 2.25. The summed E-state index contributed by atoms with van der Waals surface area (Å²) < 4.78 is 4.92. The van der Waals surface area contributed by atoms with E-state index in [2.05, 4.69) is 4.99 Å². The Hall–Kier alpha value is -2.43. The van der Waals surface area contributed by atoms with Crippen LogP contribution in [0.3, 0.4) is 0 Å². The maximum absolute atomic E-state index is 11.3. The van der Waals surface area contributed by atoms with E-state index in [1.165, 1.54) is 0 Å². The maximum Gasteiger partial charge on any atom is 0.364 e. The molecule has 1 aliphatic heterocycles. The van der Waals surface area contributed by atoms with Gasteiger partial charge in [0.1, 0.15) is 0 Å². The van der Waals surface area contributed by atoms with Crippen LogP contribution in [0.2, 0.25) is 0 Å². The predicted octanol–water partition coefficient (Wildman–Crippen LogP) is 1.27. The second-order valence-electron chi connectivity index (χ2n) is 3.49. The highest BCUT2D eigenvalue weighted by molar-refractivity contribution is 6.13. The van der Waals surface area contributed by atoms with Gasteiger partial charge in [0.05, 0.1) is 6.08 Å². The molecule has 0 saturated heterocycles. The fraction of sp³-hybridized carbons (Fsp3) is 0.0833. The number of esters is 1. The van der Waals surface area contributed by atoms with E-state index >= 15 is 0 Å². The van der Waals surface area contributed by atoms with Gasteiger partial charge in [-0.1, -0.05) is 18.2 Å². The van der Waals surface area contributed by atoms with Crippen LogP contribution in [0.25, 0.3) is 0 Å². The van der Waals surface area contributed by atoms with Gasteiger partial charge in [0.2, 0.25) is 5.90 Å². The molecule has 0 saturated carbocycles. The van der Waals surface area contributed by atoms with Gasteiger partial charge in [-0.25, -0.2) is 14.6 Å². The average molecular weight is 231 g/mol. The van der Waals surface area contributed by atoms with Crippen molar-refractivity contribution in [1.82, 2.24) is 0 Å². The van der Waals surface area contributed by atoms with Gasteiger partial charge in [0.25, 0.3) is 0 Å². The van der Waals surface area contributed by atoms with Gasteiger partial charge < -0.3 is 9.84 Å². The fourth-order valence-corrected chi connectivity index (χ4v) is 1.45. The van der Waals surface area contributed by atoms with Crippen molar-refractivity contribution in [1.29, 1.82) is 0 Å². The number of carboxylic acids is 1. The number of benzene rings is 1. The number of rotatable bonds is 2. The standard InChI is InChI=1S/C12H9NO4/c1-7-4-2-3-5-8(7)11-13-9(6-10(14)15)12(16)17-11/h2-6H,1H3,(H,14,15)/b9-6+. The van der Waals surface area contributed by atoms with E-state index in [-0.39, 0.29) is 11.6 Å². The first kappa shape index (κ1) is 11.1. The quantitative estimate of drug-likeness (QED) is 0.614. The normalized spacial score (nSPS) is 16.9. The third-order valence-electron chi connectivity index (χ3n) is 2.26. The van der Waals surface area contributed by atoms with Gasteiger partial charge in [-0.3, -0.25) is 0 Å². The molecule has 1 aliphatic rings. The Morgan fingerprint density at radius 2 is 2.12 bits per heavy atom. The van der Waals surface area contributed by atoms with Crippen molar-refractivity contribution in [3.05, 3.63) is 47.2 Å². The summed E-state index contributed by atoms with van der Waals surface area (Å²) in [6.45, 7) is 1.85. The van der Waals surface area contributed by atoms with Crippen LogP contribution in [0.4, 0.5) is 0 Å². The summed E-state index contributed by atoms with van der Waals surface area (Å²) >= 11 is 0. The zero-order valence-corrected chi connectivity index (χ0v) is 9.01. The van der Waals surface area contributed by atoms with Gasteiger partial charge in [0.15, 0.2) is 5.70 Å². The Morgan fingerprint density at radius 1 is 1.41 bits per heavy atom. The van der Waals surface area contributed by atoms with Crippen LogP contribution in [0.1, 0.15) is 11.1 Å². The predicted molar refractivity (Wildman–Crippen MR) is 59.5 cm³/mol. The van der Waals surface area contributed by atoms with Crippen molar-refractivity contribution in [2.45, 2.75) is 6.92 Å². The molecule has 0 spiro atoms. The zero-order chi connectivity index (χ0) is 12.4. The summed E-state index contributed by atoms with van der Waals surface area (Å²) in [5.74, 6) is -1.84. The van der Waals surface area contributed by atoms with Crippen molar-refractivity contribution in [2.24, 2.45) is 4.99 Å². The third-order valence-corrected chi connectivity index (χ3v) is 2.26. The highest BCUT2D eigenvalue weighted by Crippen LogP contribution is 2.18. The second-order valence-corrected chi connectivity index (χ2v) is 3.49. The Morgan fingerprint density at radius 3 is 2.76 bits per heavy atom. The molecule has 0 atom stereocenters. The molecule has 5 nitrogen and oxygen atoms in total.